The van der Waals surface area contributed by atoms with Crippen LogP contribution in [-0.4, -0.2) is 19.6 Å². The van der Waals surface area contributed by atoms with Crippen molar-refractivity contribution in [1.82, 2.24) is 0 Å². The Morgan fingerprint density at radius 1 is 0.537 bits per heavy atom. The maximum atomic E-state index is 10.9. The first kappa shape index (κ1) is 44.4. The summed E-state index contributed by atoms with van der Waals surface area (Å²) in [5.41, 5.74) is 0. The van der Waals surface area contributed by atoms with E-state index in [0.717, 1.165) is 19.3 Å². The van der Waals surface area contributed by atoms with Crippen molar-refractivity contribution >= 4 is 10.4 Å². The fourth-order valence-corrected chi connectivity index (χ4v) is 5.92. The minimum absolute atomic E-state index is 0. The zero-order chi connectivity index (χ0) is 29.4. The van der Waals surface area contributed by atoms with E-state index in [9.17, 15) is 13.0 Å². The van der Waals surface area contributed by atoms with Crippen LogP contribution in [0.3, 0.4) is 0 Å². The molecule has 1 atom stereocenters. The predicted molar refractivity (Wildman–Crippen MR) is 174 cm³/mol. The molecule has 0 rings (SSSR count). The first-order chi connectivity index (χ1) is 19.5. The second kappa shape index (κ2) is 35.7. The first-order valence-electron chi connectivity index (χ1n) is 17.8. The molecule has 0 aliphatic heterocycles. The largest absolute Gasteiger partial charge is 1.00 e. The molecule has 0 N–H and O–H groups in total. The number of hydrogen-bond donors (Lipinski definition) is 0. The molecule has 0 aromatic heterocycles. The monoisotopic (exact) mass is 624 g/mol. The Morgan fingerprint density at radius 3 is 1.20 bits per heavy atom. The zero-order valence-corrected chi connectivity index (χ0v) is 31.9. The van der Waals surface area contributed by atoms with Crippen molar-refractivity contribution < 1.29 is 68.5 Å². The molecule has 0 bridgehead atoms. The van der Waals surface area contributed by atoms with Crippen molar-refractivity contribution in [3.63, 3.8) is 0 Å². The molecule has 0 aliphatic carbocycles. The van der Waals surface area contributed by atoms with Crippen LogP contribution in [0.2, 0.25) is 0 Å². The van der Waals surface area contributed by atoms with Crippen LogP contribution in [0.1, 0.15) is 200 Å². The molecule has 0 saturated carbocycles. The van der Waals surface area contributed by atoms with Gasteiger partial charge < -0.3 is 4.55 Å². The van der Waals surface area contributed by atoms with E-state index in [1.165, 1.54) is 167 Å². The van der Waals surface area contributed by atoms with Crippen molar-refractivity contribution in [3.05, 3.63) is 12.2 Å². The summed E-state index contributed by atoms with van der Waals surface area (Å²) in [6.07, 6.45) is 42.4. The van der Waals surface area contributed by atoms with Gasteiger partial charge in [0, 0.05) is 5.92 Å². The molecule has 0 radical (unpaired) electrons. The van der Waals surface area contributed by atoms with Crippen molar-refractivity contribution in [2.24, 2.45) is 5.92 Å². The van der Waals surface area contributed by atoms with Crippen LogP contribution in [0.5, 0.6) is 0 Å². The van der Waals surface area contributed by atoms with Gasteiger partial charge in [0.15, 0.2) is 0 Å². The van der Waals surface area contributed by atoms with Gasteiger partial charge in [-0.2, -0.15) is 0 Å². The summed E-state index contributed by atoms with van der Waals surface area (Å²) in [5.74, 6) is 0.0167. The van der Waals surface area contributed by atoms with Crippen molar-refractivity contribution in [3.8, 4) is 0 Å². The maximum absolute atomic E-state index is 10.9. The first-order valence-corrected chi connectivity index (χ1v) is 19.1. The second-order valence-corrected chi connectivity index (χ2v) is 13.3. The standard InChI is InChI=1S/C35H70O4S.K/c1-3-5-7-9-11-13-15-17-18-19-21-23-25-27-29-31-33-35(34-39-40(36,37)38)32-30-28-26-24-22-20-16-14-12-10-8-6-4-2;/h30,32,35H,3-29,31,33-34H2,1-2H3,(H,36,37,38);/q;+1/p-1/b32-30+;. The van der Waals surface area contributed by atoms with Gasteiger partial charge in [-0.25, -0.2) is 8.42 Å². The van der Waals surface area contributed by atoms with Crippen molar-refractivity contribution in [2.45, 2.75) is 200 Å². The average molecular weight is 625 g/mol. The minimum Gasteiger partial charge on any atom is -0.726 e. The van der Waals surface area contributed by atoms with Gasteiger partial charge in [0.05, 0.1) is 6.61 Å². The van der Waals surface area contributed by atoms with E-state index in [4.69, 9.17) is 0 Å². The van der Waals surface area contributed by atoms with Gasteiger partial charge in [0.1, 0.15) is 0 Å². The SMILES string of the molecule is CCCCCCCCCCCCC/C=C/C(CCCCCCCCCCCCCCCCCC)COS(=O)(=O)[O-].[K+]. The molecule has 0 spiro atoms. The second-order valence-electron chi connectivity index (χ2n) is 12.3. The van der Waals surface area contributed by atoms with Crippen molar-refractivity contribution in [1.29, 1.82) is 0 Å². The summed E-state index contributed by atoms with van der Waals surface area (Å²) < 4.78 is 37.4. The van der Waals surface area contributed by atoms with Gasteiger partial charge in [-0.05, 0) is 19.3 Å². The van der Waals surface area contributed by atoms with Gasteiger partial charge in [-0.15, -0.1) is 0 Å². The number of allylic oxidation sites excluding steroid dienone is 1. The minimum atomic E-state index is -4.62. The molecule has 0 aromatic carbocycles. The van der Waals surface area contributed by atoms with Crippen molar-refractivity contribution in [2.75, 3.05) is 6.61 Å². The topological polar surface area (TPSA) is 66.4 Å². The average Bonchev–Trinajstić information content (AvgIpc) is 2.93. The van der Waals surface area contributed by atoms with Crippen LogP contribution in [0, 0.1) is 5.92 Å². The Morgan fingerprint density at radius 2 is 0.854 bits per heavy atom. The van der Waals surface area contributed by atoms with E-state index < -0.39 is 10.4 Å². The van der Waals surface area contributed by atoms with Gasteiger partial charge in [0.2, 0.25) is 10.4 Å². The summed E-state index contributed by atoms with van der Waals surface area (Å²) in [4.78, 5) is 0. The summed E-state index contributed by atoms with van der Waals surface area (Å²) in [6, 6.07) is 0. The van der Waals surface area contributed by atoms with E-state index >= 15 is 0 Å². The van der Waals surface area contributed by atoms with Crippen LogP contribution >= 0.6 is 0 Å². The normalized spacial score (nSPS) is 12.7. The molecular formula is C35H69KO4S. The Bertz CT molecular complexity index is 624. The van der Waals surface area contributed by atoms with Crippen LogP contribution in [0.4, 0.5) is 0 Å². The number of unbranched alkanes of at least 4 members (excludes halogenated alkanes) is 26. The molecule has 0 aliphatic rings. The smallest absolute Gasteiger partial charge is 0.726 e. The van der Waals surface area contributed by atoms with E-state index in [1.807, 2.05) is 0 Å². The van der Waals surface area contributed by atoms with E-state index in [1.54, 1.807) is 0 Å². The predicted octanol–water partition coefficient (Wildman–Crippen LogP) is 8.99. The Labute approximate surface area is 300 Å². The molecule has 0 aromatic rings. The molecule has 0 saturated heterocycles. The fraction of sp³-hybridized carbons (Fsp3) is 0.943. The van der Waals surface area contributed by atoms with Crippen LogP contribution in [-0.2, 0) is 14.6 Å². The maximum Gasteiger partial charge on any atom is 1.00 e. The molecule has 0 amide bonds. The van der Waals surface area contributed by atoms with Crippen LogP contribution in [0.15, 0.2) is 12.2 Å². The molecular weight excluding hydrogens is 556 g/mol. The van der Waals surface area contributed by atoms with E-state index in [-0.39, 0.29) is 63.9 Å². The molecule has 240 valence electrons. The summed E-state index contributed by atoms with van der Waals surface area (Å²) >= 11 is 0. The molecule has 0 fully saturated rings. The van der Waals surface area contributed by atoms with Gasteiger partial charge in [0.25, 0.3) is 0 Å². The quantitative estimate of drug-likeness (QED) is 0.0240. The number of rotatable bonds is 33. The van der Waals surface area contributed by atoms with Gasteiger partial charge in [-0.3, -0.25) is 4.18 Å². The van der Waals surface area contributed by atoms with E-state index in [2.05, 4.69) is 30.2 Å². The Hall–Kier alpha value is 1.25. The van der Waals surface area contributed by atoms with Gasteiger partial charge >= 0.3 is 51.4 Å². The third-order valence-electron chi connectivity index (χ3n) is 8.24. The molecule has 6 heteroatoms. The third-order valence-corrected chi connectivity index (χ3v) is 8.66. The summed E-state index contributed by atoms with van der Waals surface area (Å²) in [7, 11) is -4.62. The fourth-order valence-electron chi connectivity index (χ4n) is 5.58. The Balaban J connectivity index is 0. The number of hydrogen-bond acceptors (Lipinski definition) is 4. The molecule has 1 unspecified atom stereocenters. The van der Waals surface area contributed by atoms with Crippen LogP contribution in [0.25, 0.3) is 0 Å². The van der Waals surface area contributed by atoms with Crippen LogP contribution < -0.4 is 51.4 Å². The summed E-state index contributed by atoms with van der Waals surface area (Å²) in [6.45, 7) is 4.53. The van der Waals surface area contributed by atoms with E-state index in [0.29, 0.717) is 0 Å². The zero-order valence-electron chi connectivity index (χ0n) is 28.0. The summed E-state index contributed by atoms with van der Waals surface area (Å²) in [5, 5.41) is 0. The molecule has 4 nitrogen and oxygen atoms in total. The molecule has 0 heterocycles. The Kier molecular flexibility index (Phi) is 38.7. The van der Waals surface area contributed by atoms with Gasteiger partial charge in [-0.1, -0.05) is 193 Å². The third kappa shape index (κ3) is 39.2. The molecule has 41 heavy (non-hydrogen) atoms.